The molecule has 3 atom stereocenters. The van der Waals surface area contributed by atoms with E-state index in [-0.39, 0.29) is 40.1 Å². The summed E-state index contributed by atoms with van der Waals surface area (Å²) in [5, 5.41) is 10.3. The maximum absolute atomic E-state index is 14.8. The Morgan fingerprint density at radius 3 is 2.42 bits per heavy atom. The third-order valence-corrected chi connectivity index (χ3v) is 8.55. The number of nitrogens with zero attached hydrogens (tertiary/aromatic N) is 2. The fourth-order valence-corrected chi connectivity index (χ4v) is 7.29. The number of hydrogen-bond donors (Lipinski definition) is 1. The fourth-order valence-electron chi connectivity index (χ4n) is 7.29. The van der Waals surface area contributed by atoms with Gasteiger partial charge in [-0.15, -0.1) is 0 Å². The van der Waals surface area contributed by atoms with E-state index in [1.165, 1.54) is 0 Å². The Kier molecular flexibility index (Phi) is 4.46. The van der Waals surface area contributed by atoms with Gasteiger partial charge < -0.3 is 15.4 Å². The zero-order valence-corrected chi connectivity index (χ0v) is 21.0. The molecule has 182 valence electrons. The Labute approximate surface area is 211 Å². The van der Waals surface area contributed by atoms with Gasteiger partial charge in [-0.3, -0.25) is 9.59 Å². The van der Waals surface area contributed by atoms with Crippen molar-refractivity contribution >= 4 is 17.4 Å². The third-order valence-electron chi connectivity index (χ3n) is 8.55. The van der Waals surface area contributed by atoms with Crippen LogP contribution in [0.1, 0.15) is 63.6 Å². The van der Waals surface area contributed by atoms with Crippen molar-refractivity contribution in [2.45, 2.75) is 63.3 Å². The van der Waals surface area contributed by atoms with Crippen LogP contribution >= 0.6 is 0 Å². The van der Waals surface area contributed by atoms with Gasteiger partial charge in [-0.2, -0.15) is 5.26 Å². The summed E-state index contributed by atoms with van der Waals surface area (Å²) >= 11 is 0. The fraction of sp³-hybridized carbons (Fsp3) is 0.367. The number of ketones is 1. The summed E-state index contributed by atoms with van der Waals surface area (Å²) in [5.74, 6) is -0.0457. The summed E-state index contributed by atoms with van der Waals surface area (Å²) in [4.78, 5) is 30.2. The van der Waals surface area contributed by atoms with Crippen molar-refractivity contribution in [1.29, 1.82) is 5.26 Å². The van der Waals surface area contributed by atoms with Crippen LogP contribution in [0, 0.1) is 17.2 Å². The molecule has 6 heteroatoms. The minimum atomic E-state index is -1.59. The molecule has 4 aliphatic rings. The lowest BCUT2D eigenvalue weighted by atomic mass is 9.63. The molecule has 0 fully saturated rings. The van der Waals surface area contributed by atoms with Gasteiger partial charge in [-0.25, -0.2) is 0 Å². The van der Waals surface area contributed by atoms with Crippen LogP contribution in [0.4, 0.5) is 5.69 Å². The number of para-hydroxylation sites is 1. The lowest BCUT2D eigenvalue weighted by Crippen LogP contribution is -2.58. The Bertz CT molecular complexity index is 1460. The molecule has 2 N–H and O–H groups in total. The van der Waals surface area contributed by atoms with Gasteiger partial charge in [0.05, 0.1) is 11.3 Å². The van der Waals surface area contributed by atoms with Gasteiger partial charge in [0.15, 0.2) is 5.78 Å². The first-order valence-corrected chi connectivity index (χ1v) is 12.5. The van der Waals surface area contributed by atoms with Crippen LogP contribution in [0.5, 0.6) is 0 Å². The smallest absolute Gasteiger partial charge is 0.248 e. The number of fused-ring (bicyclic) bond motifs is 2. The number of nitriles is 1. The normalized spacial score (nSPS) is 30.2. The Balaban J connectivity index is 1.73. The third kappa shape index (κ3) is 2.55. The monoisotopic (exact) mass is 479 g/mol. The van der Waals surface area contributed by atoms with E-state index in [9.17, 15) is 14.9 Å². The average Bonchev–Trinajstić information content (AvgIpc) is 3.07. The first kappa shape index (κ1) is 22.6. The summed E-state index contributed by atoms with van der Waals surface area (Å²) in [5.41, 5.74) is 7.67. The van der Waals surface area contributed by atoms with Crippen molar-refractivity contribution in [1.82, 2.24) is 0 Å². The summed E-state index contributed by atoms with van der Waals surface area (Å²) < 4.78 is 5.88. The second-order valence-corrected chi connectivity index (χ2v) is 11.5. The molecule has 0 aromatic heterocycles. The molecule has 6 rings (SSSR count). The van der Waals surface area contributed by atoms with E-state index >= 15 is 0 Å². The molecule has 0 saturated carbocycles. The Hall–Kier alpha value is -3.85. The van der Waals surface area contributed by atoms with Gasteiger partial charge >= 0.3 is 0 Å². The van der Waals surface area contributed by atoms with Crippen molar-refractivity contribution in [2.75, 3.05) is 4.90 Å². The molecule has 36 heavy (non-hydrogen) atoms. The highest BCUT2D eigenvalue weighted by Crippen LogP contribution is 2.62. The molecule has 6 nitrogen and oxygen atoms in total. The first-order valence-electron chi connectivity index (χ1n) is 12.5. The van der Waals surface area contributed by atoms with Crippen molar-refractivity contribution < 1.29 is 14.3 Å². The van der Waals surface area contributed by atoms with Crippen molar-refractivity contribution in [3.05, 3.63) is 88.0 Å². The maximum Gasteiger partial charge on any atom is 0.248 e. The number of carbonyl (C=O) groups excluding carboxylic acids is 2. The first-order chi connectivity index (χ1) is 17.1. The molecule has 0 radical (unpaired) electrons. The number of Topliss-reactive ketones (excluding diaryl/α,β-unsaturated/α-hetero) is 1. The van der Waals surface area contributed by atoms with E-state index in [2.05, 4.69) is 45.0 Å². The highest BCUT2D eigenvalue weighted by molar-refractivity contribution is 6.21. The Morgan fingerprint density at radius 2 is 1.72 bits per heavy atom. The zero-order valence-electron chi connectivity index (χ0n) is 21.0. The molecular formula is C30H29N3O3. The van der Waals surface area contributed by atoms with Gasteiger partial charge in [0, 0.05) is 29.4 Å². The van der Waals surface area contributed by atoms with Crippen molar-refractivity contribution in [3.8, 4) is 6.07 Å². The predicted octanol–water partition coefficient (Wildman–Crippen LogP) is 4.74. The highest BCUT2D eigenvalue weighted by atomic mass is 16.5. The largest absolute Gasteiger partial charge is 0.444 e. The van der Waals surface area contributed by atoms with E-state index < -0.39 is 11.0 Å². The second kappa shape index (κ2) is 7.10. The minimum absolute atomic E-state index is 0.00849. The molecule has 2 aromatic rings. The van der Waals surface area contributed by atoms with Crippen molar-refractivity contribution in [2.24, 2.45) is 11.7 Å². The molecule has 1 spiro atoms. The van der Waals surface area contributed by atoms with Crippen LogP contribution in [0.25, 0.3) is 0 Å². The summed E-state index contributed by atoms with van der Waals surface area (Å²) in [6.07, 6.45) is 1.47. The van der Waals surface area contributed by atoms with Crippen LogP contribution in [-0.4, -0.2) is 17.2 Å². The lowest BCUT2D eigenvalue weighted by molar-refractivity contribution is -0.126. The number of allylic oxidation sites excluding steroid dienone is 1. The summed E-state index contributed by atoms with van der Waals surface area (Å²) in [6.45, 7) is 8.31. The molecule has 1 aliphatic carbocycles. The molecule has 2 aromatic carbocycles. The van der Waals surface area contributed by atoms with Crippen LogP contribution in [0.2, 0.25) is 0 Å². The molecule has 3 heterocycles. The van der Waals surface area contributed by atoms with E-state index in [1.807, 2.05) is 42.2 Å². The number of ether oxygens (including phenoxy) is 1. The number of carbonyl (C=O) groups is 2. The van der Waals surface area contributed by atoms with Crippen molar-refractivity contribution in [3.63, 3.8) is 0 Å². The molecule has 0 bridgehead atoms. The predicted molar refractivity (Wildman–Crippen MR) is 136 cm³/mol. The Morgan fingerprint density at radius 1 is 1.03 bits per heavy atom. The highest BCUT2D eigenvalue weighted by Gasteiger charge is 2.66. The minimum Gasteiger partial charge on any atom is -0.444 e. The average molecular weight is 480 g/mol. The standard InChI is InChI=1S/C30H29N3O3/c1-17-13-22(34)24-23(14-17)36-26(32)21(15-31)30(24)20-12-8-11-19-25(20)33(27(30)35)28(2,3)16-29(19,4)18-9-6-5-7-10-18/h5-12,17H,13-14,16,32H2,1-4H3/t17-,29+,30+/m1/s1. The number of anilines is 1. The number of amides is 1. The maximum atomic E-state index is 14.8. The molecule has 3 aliphatic heterocycles. The van der Waals surface area contributed by atoms with E-state index in [0.717, 1.165) is 16.8 Å². The van der Waals surface area contributed by atoms with Crippen LogP contribution in [0.3, 0.4) is 0 Å². The van der Waals surface area contributed by atoms with Gasteiger partial charge in [0.2, 0.25) is 11.8 Å². The zero-order chi connectivity index (χ0) is 25.6. The molecule has 1 amide bonds. The van der Waals surface area contributed by atoms with Gasteiger partial charge in [0.25, 0.3) is 0 Å². The van der Waals surface area contributed by atoms with E-state index in [0.29, 0.717) is 30.6 Å². The number of rotatable bonds is 1. The molecule has 0 saturated heterocycles. The summed E-state index contributed by atoms with van der Waals surface area (Å²) in [6, 6.07) is 18.4. The summed E-state index contributed by atoms with van der Waals surface area (Å²) in [7, 11) is 0. The van der Waals surface area contributed by atoms with E-state index in [4.69, 9.17) is 10.5 Å². The quantitative estimate of drug-likeness (QED) is 0.638. The van der Waals surface area contributed by atoms with Crippen LogP contribution < -0.4 is 10.6 Å². The number of hydrogen-bond acceptors (Lipinski definition) is 5. The van der Waals surface area contributed by atoms with Crippen LogP contribution in [-0.2, 0) is 25.2 Å². The molecule has 0 unspecified atom stereocenters. The SMILES string of the molecule is C[C@@H]1CC(=O)C2=C(C1)OC(N)=C(C#N)[C@]21C(=O)N2c3c1cccc3[C@](C)(c1ccccc1)CC2(C)C. The lowest BCUT2D eigenvalue weighted by Gasteiger charge is -2.50. The molecular weight excluding hydrogens is 450 g/mol. The number of benzene rings is 2. The topological polar surface area (TPSA) is 96.4 Å². The van der Waals surface area contributed by atoms with E-state index in [1.54, 1.807) is 0 Å². The van der Waals surface area contributed by atoms with Gasteiger partial charge in [-0.1, -0.05) is 62.4 Å². The number of nitrogens with two attached hydrogens (primary N) is 1. The van der Waals surface area contributed by atoms with Crippen LogP contribution in [0.15, 0.2) is 71.3 Å². The second-order valence-electron chi connectivity index (χ2n) is 11.5. The van der Waals surface area contributed by atoms with Gasteiger partial charge in [-0.05, 0) is 37.3 Å². The van der Waals surface area contributed by atoms with Gasteiger partial charge in [0.1, 0.15) is 22.8 Å².